The highest BCUT2D eigenvalue weighted by molar-refractivity contribution is 5.67. The van der Waals surface area contributed by atoms with Crippen LogP contribution in [0.5, 0.6) is 0 Å². The molecular weight excluding hydrogens is 178 g/mol. The van der Waals surface area contributed by atoms with Gasteiger partial charge in [-0.3, -0.25) is 0 Å². The molecule has 0 spiro atoms. The van der Waals surface area contributed by atoms with Crippen molar-refractivity contribution in [3.8, 4) is 0 Å². The number of ether oxygens (including phenoxy) is 1. The van der Waals surface area contributed by atoms with E-state index in [9.17, 15) is 4.79 Å². The number of nitrogens with zero attached hydrogens (tertiary/aromatic N) is 1. The Morgan fingerprint density at radius 1 is 1.29 bits per heavy atom. The number of amides is 1. The average molecular weight is 199 g/mol. The summed E-state index contributed by atoms with van der Waals surface area (Å²) in [5, 5.41) is 0. The Morgan fingerprint density at radius 3 is 2.21 bits per heavy atom. The molecule has 0 unspecified atom stereocenters. The summed E-state index contributed by atoms with van der Waals surface area (Å²) in [4.78, 5) is 13.4. The smallest absolute Gasteiger partial charge is 0.410 e. The molecular formula is C11H21NO2. The van der Waals surface area contributed by atoms with E-state index in [4.69, 9.17) is 4.74 Å². The van der Waals surface area contributed by atoms with Crippen LogP contribution in [-0.4, -0.2) is 30.2 Å². The summed E-state index contributed by atoms with van der Waals surface area (Å²) >= 11 is 0. The monoisotopic (exact) mass is 199 g/mol. The fourth-order valence-electron chi connectivity index (χ4n) is 1.54. The van der Waals surface area contributed by atoms with Gasteiger partial charge in [-0.1, -0.05) is 13.8 Å². The van der Waals surface area contributed by atoms with Crippen LogP contribution in [-0.2, 0) is 4.74 Å². The van der Waals surface area contributed by atoms with Crippen LogP contribution in [0, 0.1) is 0 Å². The maximum Gasteiger partial charge on any atom is 0.410 e. The lowest BCUT2D eigenvalue weighted by Crippen LogP contribution is -2.37. The van der Waals surface area contributed by atoms with Crippen LogP contribution in [0.1, 0.15) is 46.0 Å². The van der Waals surface area contributed by atoms with Gasteiger partial charge < -0.3 is 9.64 Å². The number of carbonyl (C=O) groups excluding carboxylic acids is 1. The van der Waals surface area contributed by atoms with Crippen molar-refractivity contribution < 1.29 is 9.53 Å². The number of hydrogen-bond acceptors (Lipinski definition) is 2. The minimum absolute atomic E-state index is 0.113. The van der Waals surface area contributed by atoms with Gasteiger partial charge in [0.2, 0.25) is 0 Å². The summed E-state index contributed by atoms with van der Waals surface area (Å²) < 4.78 is 5.34. The second kappa shape index (κ2) is 5.89. The van der Waals surface area contributed by atoms with Crippen molar-refractivity contribution in [2.24, 2.45) is 0 Å². The van der Waals surface area contributed by atoms with Crippen molar-refractivity contribution in [1.82, 2.24) is 4.90 Å². The average Bonchev–Trinajstić information content (AvgIpc) is 2.11. The maximum absolute atomic E-state index is 11.6. The van der Waals surface area contributed by atoms with Gasteiger partial charge in [0.1, 0.15) is 6.10 Å². The van der Waals surface area contributed by atoms with Crippen molar-refractivity contribution >= 4 is 6.09 Å². The molecule has 0 aromatic rings. The molecule has 3 nitrogen and oxygen atoms in total. The molecule has 0 saturated heterocycles. The number of rotatable bonds is 5. The van der Waals surface area contributed by atoms with Crippen LogP contribution in [0.4, 0.5) is 4.79 Å². The van der Waals surface area contributed by atoms with Crippen LogP contribution in [0.15, 0.2) is 0 Å². The highest BCUT2D eigenvalue weighted by Crippen LogP contribution is 2.22. The van der Waals surface area contributed by atoms with E-state index in [2.05, 4.69) is 13.8 Å². The normalized spacial score (nSPS) is 16.1. The van der Waals surface area contributed by atoms with Crippen molar-refractivity contribution in [1.29, 1.82) is 0 Å². The Kier molecular flexibility index (Phi) is 4.77. The number of carbonyl (C=O) groups is 1. The van der Waals surface area contributed by atoms with Crippen LogP contribution in [0.25, 0.3) is 0 Å². The predicted octanol–water partition coefficient (Wildman–Crippen LogP) is 2.80. The Hall–Kier alpha value is -0.730. The van der Waals surface area contributed by atoms with Gasteiger partial charge in [0.25, 0.3) is 0 Å². The summed E-state index contributed by atoms with van der Waals surface area (Å²) in [6, 6.07) is 0. The Morgan fingerprint density at radius 2 is 1.86 bits per heavy atom. The van der Waals surface area contributed by atoms with Crippen molar-refractivity contribution in [2.45, 2.75) is 52.1 Å². The maximum atomic E-state index is 11.6. The first-order valence-corrected chi connectivity index (χ1v) is 5.73. The molecule has 1 rings (SSSR count). The van der Waals surface area contributed by atoms with Gasteiger partial charge in [-0.2, -0.15) is 0 Å². The molecule has 82 valence electrons. The Bertz CT molecular complexity index is 172. The molecule has 0 aliphatic heterocycles. The molecule has 0 aromatic carbocycles. The second-order valence-corrected chi connectivity index (χ2v) is 3.92. The molecule has 0 heterocycles. The van der Waals surface area contributed by atoms with Gasteiger partial charge in [-0.05, 0) is 32.1 Å². The standard InChI is InChI=1S/C11H21NO2/c1-3-8-12(9-4-2)11(13)14-10-6-5-7-10/h10H,3-9H2,1-2H3. The highest BCUT2D eigenvalue weighted by atomic mass is 16.6. The van der Waals surface area contributed by atoms with Gasteiger partial charge in [0.15, 0.2) is 0 Å². The van der Waals surface area contributed by atoms with Gasteiger partial charge >= 0.3 is 6.09 Å². The Balaban J connectivity index is 2.28. The first-order valence-electron chi connectivity index (χ1n) is 5.73. The second-order valence-electron chi connectivity index (χ2n) is 3.92. The van der Waals surface area contributed by atoms with Gasteiger partial charge in [0, 0.05) is 13.1 Å². The van der Waals surface area contributed by atoms with Crippen molar-refractivity contribution in [3.05, 3.63) is 0 Å². The van der Waals surface area contributed by atoms with Crippen LogP contribution in [0.2, 0.25) is 0 Å². The summed E-state index contributed by atoms with van der Waals surface area (Å²) in [5.74, 6) is 0. The van der Waals surface area contributed by atoms with E-state index in [1.54, 1.807) is 0 Å². The molecule has 1 fully saturated rings. The van der Waals surface area contributed by atoms with E-state index in [1.165, 1.54) is 6.42 Å². The van der Waals surface area contributed by atoms with E-state index in [-0.39, 0.29) is 12.2 Å². The minimum Gasteiger partial charge on any atom is -0.446 e. The van der Waals surface area contributed by atoms with E-state index in [0.29, 0.717) is 0 Å². The molecule has 14 heavy (non-hydrogen) atoms. The quantitative estimate of drug-likeness (QED) is 0.681. The Labute approximate surface area is 86.4 Å². The first-order chi connectivity index (χ1) is 6.77. The lowest BCUT2D eigenvalue weighted by atomic mass is 9.96. The molecule has 1 amide bonds. The SMILES string of the molecule is CCCN(CCC)C(=O)OC1CCC1. The molecule has 1 aliphatic carbocycles. The zero-order chi connectivity index (χ0) is 10.4. The fourth-order valence-corrected chi connectivity index (χ4v) is 1.54. The van der Waals surface area contributed by atoms with E-state index in [1.807, 2.05) is 4.90 Å². The third kappa shape index (κ3) is 3.20. The van der Waals surface area contributed by atoms with Crippen LogP contribution in [0.3, 0.4) is 0 Å². The zero-order valence-corrected chi connectivity index (χ0v) is 9.29. The van der Waals surface area contributed by atoms with Crippen LogP contribution < -0.4 is 0 Å². The molecule has 0 N–H and O–H groups in total. The lowest BCUT2D eigenvalue weighted by molar-refractivity contribution is 0.0268. The van der Waals surface area contributed by atoms with E-state index >= 15 is 0 Å². The first kappa shape index (κ1) is 11.3. The minimum atomic E-state index is -0.113. The summed E-state index contributed by atoms with van der Waals surface area (Å²) in [5.41, 5.74) is 0. The predicted molar refractivity (Wildman–Crippen MR) is 56.3 cm³/mol. The van der Waals surface area contributed by atoms with Crippen LogP contribution >= 0.6 is 0 Å². The summed E-state index contributed by atoms with van der Waals surface area (Å²) in [6.45, 7) is 5.80. The highest BCUT2D eigenvalue weighted by Gasteiger charge is 2.24. The van der Waals surface area contributed by atoms with Crippen molar-refractivity contribution in [2.75, 3.05) is 13.1 Å². The molecule has 0 atom stereocenters. The molecule has 3 heteroatoms. The third-order valence-corrected chi connectivity index (χ3v) is 2.56. The van der Waals surface area contributed by atoms with Gasteiger partial charge in [0.05, 0.1) is 0 Å². The fraction of sp³-hybridized carbons (Fsp3) is 0.909. The molecule has 1 aliphatic rings. The molecule has 0 bridgehead atoms. The molecule has 1 saturated carbocycles. The van der Waals surface area contributed by atoms with Crippen molar-refractivity contribution in [3.63, 3.8) is 0 Å². The van der Waals surface area contributed by atoms with E-state index < -0.39 is 0 Å². The third-order valence-electron chi connectivity index (χ3n) is 2.56. The lowest BCUT2D eigenvalue weighted by Gasteiger charge is -2.29. The molecule has 0 radical (unpaired) electrons. The topological polar surface area (TPSA) is 29.5 Å². The largest absolute Gasteiger partial charge is 0.446 e. The number of hydrogen-bond donors (Lipinski definition) is 0. The summed E-state index contributed by atoms with van der Waals surface area (Å²) in [7, 11) is 0. The van der Waals surface area contributed by atoms with Gasteiger partial charge in [-0.15, -0.1) is 0 Å². The molecule has 0 aromatic heterocycles. The van der Waals surface area contributed by atoms with Gasteiger partial charge in [-0.25, -0.2) is 4.79 Å². The van der Waals surface area contributed by atoms with E-state index in [0.717, 1.165) is 38.8 Å². The zero-order valence-electron chi connectivity index (χ0n) is 9.29. The summed E-state index contributed by atoms with van der Waals surface area (Å²) in [6.07, 6.45) is 5.41.